The molecule has 7 nitrogen and oxygen atoms in total. The third-order valence-electron chi connectivity index (χ3n) is 5.37. The van der Waals surface area contributed by atoms with Gasteiger partial charge in [0.25, 0.3) is 10.9 Å². The van der Waals surface area contributed by atoms with Crippen molar-refractivity contribution in [3.8, 4) is 0 Å². The van der Waals surface area contributed by atoms with Crippen molar-refractivity contribution in [3.05, 3.63) is 20.4 Å². The van der Waals surface area contributed by atoms with Crippen LogP contribution in [0.5, 0.6) is 0 Å². The third kappa shape index (κ3) is 3.35. The fraction of sp³-hybridized carbons (Fsp3) is 0.765. The van der Waals surface area contributed by atoms with Gasteiger partial charge in [0, 0.05) is 25.7 Å². The molecule has 2 atom stereocenters. The number of hydrogen-bond donors (Lipinski definition) is 2. The molecule has 140 valence electrons. The summed E-state index contributed by atoms with van der Waals surface area (Å²) < 4.78 is 11.3. The number of nitrogens with one attached hydrogen (secondary N) is 2. The molecule has 3 rings (SSSR count). The van der Waals surface area contributed by atoms with E-state index in [0.717, 1.165) is 0 Å². The van der Waals surface area contributed by atoms with Gasteiger partial charge in [-0.3, -0.25) is 9.59 Å². The topological polar surface area (TPSA) is 73.9 Å². The molecule has 1 aromatic carbocycles. The molecule has 2 fully saturated rings. The molecular formula is C17H29N4O3P. The summed E-state index contributed by atoms with van der Waals surface area (Å²) in [5, 5.41) is 5.88. The number of fused-ring (bicyclic) bond motifs is 1. The van der Waals surface area contributed by atoms with Gasteiger partial charge in [0.2, 0.25) is 0 Å². The Balaban J connectivity index is 1.64. The minimum absolute atomic E-state index is 0.368. The van der Waals surface area contributed by atoms with E-state index >= 15 is 0 Å². The summed E-state index contributed by atoms with van der Waals surface area (Å²) in [4.78, 5) is 23.2. The zero-order valence-electron chi connectivity index (χ0n) is 15.8. The Morgan fingerprint density at radius 1 is 1.08 bits per heavy atom. The van der Waals surface area contributed by atoms with Gasteiger partial charge in [-0.25, -0.2) is 9.34 Å². The zero-order valence-corrected chi connectivity index (χ0v) is 16.7. The van der Waals surface area contributed by atoms with Crippen molar-refractivity contribution < 1.29 is 4.52 Å². The molecule has 1 aliphatic heterocycles. The smallest absolute Gasteiger partial charge is 0.253 e. The maximum atomic E-state index is 11.7. The predicted octanol–water partition coefficient (Wildman–Crippen LogP) is 1.95. The second kappa shape index (κ2) is 6.95. The average Bonchev–Trinajstić information content (AvgIpc) is 2.82. The summed E-state index contributed by atoms with van der Waals surface area (Å²) in [6.45, 7) is 4.52. The molecule has 1 saturated carbocycles. The summed E-state index contributed by atoms with van der Waals surface area (Å²) in [6, 6.07) is 1.16. The van der Waals surface area contributed by atoms with Gasteiger partial charge in [0.05, 0.1) is 5.60 Å². The summed E-state index contributed by atoms with van der Waals surface area (Å²) in [5.74, 6) is 0. The minimum Gasteiger partial charge on any atom is -0.383 e. The average molecular weight is 368 g/mol. The van der Waals surface area contributed by atoms with Gasteiger partial charge in [0.1, 0.15) is 11.4 Å². The van der Waals surface area contributed by atoms with Crippen LogP contribution in [0.3, 0.4) is 0 Å². The van der Waals surface area contributed by atoms with Crippen molar-refractivity contribution in [2.24, 2.45) is 0 Å². The first kappa shape index (κ1) is 18.8. The molecule has 0 amide bonds. The van der Waals surface area contributed by atoms with Crippen LogP contribution in [0.1, 0.15) is 39.5 Å². The molecular weight excluding hydrogens is 339 g/mol. The minimum atomic E-state index is -0.814. The van der Waals surface area contributed by atoms with E-state index in [1.54, 1.807) is 7.05 Å². The normalized spacial score (nSPS) is 26.1. The summed E-state index contributed by atoms with van der Waals surface area (Å²) in [6.07, 6.45) is 5.07. The van der Waals surface area contributed by atoms with Gasteiger partial charge >= 0.3 is 0 Å². The van der Waals surface area contributed by atoms with Gasteiger partial charge in [-0.15, -0.1) is 0 Å². The first-order chi connectivity index (χ1) is 11.8. The van der Waals surface area contributed by atoms with Crippen LogP contribution in [0.4, 0.5) is 11.4 Å². The van der Waals surface area contributed by atoms with Crippen molar-refractivity contribution in [2.75, 3.05) is 38.3 Å². The van der Waals surface area contributed by atoms with Crippen LogP contribution in [-0.2, 0) is 4.52 Å². The van der Waals surface area contributed by atoms with Crippen LogP contribution in [0.15, 0.2) is 9.59 Å². The number of anilines is 2. The Kier molecular flexibility index (Phi) is 5.22. The second-order valence-corrected chi connectivity index (χ2v) is 9.63. The molecule has 2 aliphatic rings. The molecule has 0 radical (unpaired) electrons. The number of nitrogens with zero attached hydrogens (tertiary/aromatic N) is 2. The van der Waals surface area contributed by atoms with Gasteiger partial charge < -0.3 is 15.2 Å². The van der Waals surface area contributed by atoms with Crippen molar-refractivity contribution in [3.63, 3.8) is 0 Å². The highest BCUT2D eigenvalue weighted by atomic mass is 31.2. The van der Waals surface area contributed by atoms with E-state index in [1.165, 1.54) is 25.7 Å². The molecule has 1 aromatic rings. The molecule has 2 N–H and O–H groups in total. The van der Waals surface area contributed by atoms with E-state index in [2.05, 4.69) is 34.1 Å². The lowest BCUT2D eigenvalue weighted by atomic mass is 9.91. The zero-order chi connectivity index (χ0) is 18.4. The highest BCUT2D eigenvalue weighted by Crippen LogP contribution is 2.57. The van der Waals surface area contributed by atoms with Crippen molar-refractivity contribution in [1.82, 2.24) is 9.34 Å². The highest BCUT2D eigenvalue weighted by molar-refractivity contribution is 7.47. The van der Waals surface area contributed by atoms with E-state index in [-0.39, 0.29) is 0 Å². The molecule has 1 saturated heterocycles. The largest absolute Gasteiger partial charge is 0.383 e. The summed E-state index contributed by atoms with van der Waals surface area (Å²) in [7, 11) is 5.16. The Labute approximate surface area is 150 Å². The van der Waals surface area contributed by atoms with Crippen LogP contribution in [-0.4, -0.2) is 54.7 Å². The van der Waals surface area contributed by atoms with Crippen LogP contribution < -0.4 is 21.5 Å². The highest BCUT2D eigenvalue weighted by Gasteiger charge is 2.47. The standard InChI is InChI=1S/C17H29N4O3P/c1-17(2,10-19-14-13(18-3)15(22)16(14)23)24-25-20(4)11-8-6-7-9-12(11)21(25)5/h11-12,18-19H,6-10H2,1-5H3/t11-,12-/m1/s1. The lowest BCUT2D eigenvalue weighted by Gasteiger charge is -2.34. The summed E-state index contributed by atoms with van der Waals surface area (Å²) in [5.41, 5.74) is -0.613. The van der Waals surface area contributed by atoms with Gasteiger partial charge in [-0.05, 0) is 40.8 Å². The third-order valence-corrected chi connectivity index (χ3v) is 7.70. The summed E-state index contributed by atoms with van der Waals surface area (Å²) >= 11 is 0. The number of rotatable bonds is 6. The SMILES string of the molecule is CNc1c(NCC(C)(C)OP2N(C)[C@@H]3CCCC[C@H]3N2C)c(=O)c1=O. The Bertz CT molecular complexity index is 682. The number of likely N-dealkylation sites (N-methyl/N-ethyl adjacent to an activating group) is 2. The van der Waals surface area contributed by atoms with Crippen LogP contribution in [0, 0.1) is 0 Å². The van der Waals surface area contributed by atoms with E-state index < -0.39 is 24.9 Å². The van der Waals surface area contributed by atoms with Crippen LogP contribution in [0.25, 0.3) is 0 Å². The van der Waals surface area contributed by atoms with E-state index in [9.17, 15) is 9.59 Å². The van der Waals surface area contributed by atoms with Crippen molar-refractivity contribution in [2.45, 2.75) is 57.2 Å². The van der Waals surface area contributed by atoms with Crippen LogP contribution in [0.2, 0.25) is 0 Å². The predicted molar refractivity (Wildman–Crippen MR) is 103 cm³/mol. The lowest BCUT2D eigenvalue weighted by molar-refractivity contribution is 0.124. The Hall–Kier alpha value is -1.01. The molecule has 0 bridgehead atoms. The monoisotopic (exact) mass is 368 g/mol. The van der Waals surface area contributed by atoms with E-state index in [0.29, 0.717) is 30.0 Å². The first-order valence-electron chi connectivity index (χ1n) is 8.96. The van der Waals surface area contributed by atoms with Crippen molar-refractivity contribution >= 4 is 19.8 Å². The number of hydrogen-bond acceptors (Lipinski definition) is 7. The maximum Gasteiger partial charge on any atom is 0.253 e. The second-order valence-electron chi connectivity index (χ2n) is 7.68. The molecule has 1 heterocycles. The van der Waals surface area contributed by atoms with E-state index in [4.69, 9.17) is 4.52 Å². The molecule has 1 aliphatic carbocycles. The molecule has 0 unspecified atom stereocenters. The van der Waals surface area contributed by atoms with Gasteiger partial charge in [0.15, 0.2) is 8.45 Å². The van der Waals surface area contributed by atoms with E-state index in [1.807, 2.05) is 13.8 Å². The Morgan fingerprint density at radius 3 is 2.12 bits per heavy atom. The maximum absolute atomic E-state index is 11.7. The lowest BCUT2D eigenvalue weighted by Crippen LogP contribution is -2.41. The van der Waals surface area contributed by atoms with Gasteiger partial charge in [-0.2, -0.15) is 0 Å². The fourth-order valence-corrected chi connectivity index (χ4v) is 6.18. The molecule has 0 aromatic heterocycles. The fourth-order valence-electron chi connectivity index (χ4n) is 3.92. The quantitative estimate of drug-likeness (QED) is 0.587. The first-order valence-corrected chi connectivity index (χ1v) is 10.1. The van der Waals surface area contributed by atoms with Crippen molar-refractivity contribution in [1.29, 1.82) is 0 Å². The molecule has 8 heteroatoms. The Morgan fingerprint density at radius 2 is 1.60 bits per heavy atom. The van der Waals surface area contributed by atoms with Crippen LogP contribution >= 0.6 is 8.45 Å². The molecule has 25 heavy (non-hydrogen) atoms. The van der Waals surface area contributed by atoms with Gasteiger partial charge in [-0.1, -0.05) is 12.8 Å². The molecule has 0 spiro atoms.